The fraction of sp³-hybridized carbons (Fsp3) is 0.0714. The van der Waals surface area contributed by atoms with Gasteiger partial charge in [-0.3, -0.25) is 0 Å². The summed E-state index contributed by atoms with van der Waals surface area (Å²) in [4.78, 5) is 0. The zero-order valence-corrected chi connectivity index (χ0v) is 9.05. The third kappa shape index (κ3) is 1.42. The largest absolute Gasteiger partial charge is 0.471 e. The molecule has 0 saturated heterocycles. The van der Waals surface area contributed by atoms with E-state index in [2.05, 4.69) is 6.07 Å². The summed E-state index contributed by atoms with van der Waals surface area (Å²) in [6, 6.07) is 9.82. The van der Waals surface area contributed by atoms with E-state index in [-0.39, 0.29) is 6.10 Å². The van der Waals surface area contributed by atoms with E-state index in [1.165, 1.54) is 0 Å². The highest BCUT2D eigenvalue weighted by Crippen LogP contribution is 2.21. The number of ether oxygens (including phenoxy) is 1. The highest BCUT2D eigenvalue weighted by atomic mass is 16.5. The molecule has 17 heavy (non-hydrogen) atoms. The van der Waals surface area contributed by atoms with Crippen molar-refractivity contribution >= 4 is 11.3 Å². The molecule has 2 aliphatic rings. The van der Waals surface area contributed by atoms with E-state index < -0.39 is 0 Å². The topological polar surface area (TPSA) is 59.0 Å². The maximum absolute atomic E-state index is 9.09. The first-order valence-electron chi connectivity index (χ1n) is 5.35. The van der Waals surface area contributed by atoms with Gasteiger partial charge in [-0.05, 0) is 29.5 Å². The average molecular weight is 222 g/mol. The van der Waals surface area contributed by atoms with Gasteiger partial charge in [0.05, 0.1) is 0 Å². The Morgan fingerprint density at radius 1 is 1.24 bits per heavy atom. The average Bonchev–Trinajstić information content (AvgIpc) is 2.38. The number of hydrogen-bond donors (Lipinski definition) is 1. The van der Waals surface area contributed by atoms with Gasteiger partial charge < -0.3 is 10.5 Å². The van der Waals surface area contributed by atoms with Gasteiger partial charge in [0.25, 0.3) is 0 Å². The molecule has 1 unspecified atom stereocenters. The molecule has 2 N–H and O–H groups in total. The van der Waals surface area contributed by atoms with Gasteiger partial charge >= 0.3 is 0 Å². The number of fused-ring (bicyclic) bond motifs is 2. The van der Waals surface area contributed by atoms with Gasteiger partial charge in [-0.1, -0.05) is 18.2 Å². The Bertz CT molecular complexity index is 704. The minimum atomic E-state index is -0.202. The summed E-state index contributed by atoms with van der Waals surface area (Å²) in [5, 5.41) is 10.9. The number of allylic oxidation sites excluding steroid dienone is 1. The van der Waals surface area contributed by atoms with Crippen molar-refractivity contribution in [2.45, 2.75) is 6.10 Å². The number of hydrogen-bond acceptors (Lipinski definition) is 3. The lowest BCUT2D eigenvalue weighted by Gasteiger charge is -2.23. The van der Waals surface area contributed by atoms with Crippen LogP contribution < -0.4 is 16.2 Å². The molecule has 0 bridgehead atoms. The zero-order chi connectivity index (χ0) is 11.8. The van der Waals surface area contributed by atoms with Crippen molar-refractivity contribution in [3.05, 3.63) is 58.6 Å². The predicted molar refractivity (Wildman–Crippen MR) is 64.4 cm³/mol. The number of nitriles is 1. The second-order valence-corrected chi connectivity index (χ2v) is 3.98. The molecule has 0 radical (unpaired) electrons. The van der Waals surface area contributed by atoms with Crippen molar-refractivity contribution in [2.24, 2.45) is 5.73 Å². The SMILES string of the molecule is N#CC1=c2ccccc2=C2C=C(N)C=CC2O1. The van der Waals surface area contributed by atoms with E-state index in [4.69, 9.17) is 15.7 Å². The molecular formula is C14H10N2O. The van der Waals surface area contributed by atoms with Crippen LogP contribution in [0.25, 0.3) is 11.3 Å². The van der Waals surface area contributed by atoms with E-state index in [0.717, 1.165) is 16.0 Å². The van der Waals surface area contributed by atoms with Crippen LogP contribution in [0.3, 0.4) is 0 Å². The van der Waals surface area contributed by atoms with E-state index in [0.29, 0.717) is 11.5 Å². The maximum Gasteiger partial charge on any atom is 0.205 e. The molecule has 0 fully saturated rings. The number of nitrogens with two attached hydrogens (primary N) is 1. The van der Waals surface area contributed by atoms with E-state index in [1.54, 1.807) is 6.08 Å². The first kappa shape index (κ1) is 9.73. The first-order valence-corrected chi connectivity index (χ1v) is 5.35. The number of nitrogens with zero attached hydrogens (tertiary/aromatic N) is 1. The fourth-order valence-electron chi connectivity index (χ4n) is 2.16. The summed E-state index contributed by atoms with van der Waals surface area (Å²) in [5.74, 6) is 0.368. The zero-order valence-electron chi connectivity index (χ0n) is 9.05. The van der Waals surface area contributed by atoms with Crippen LogP contribution in [-0.2, 0) is 4.74 Å². The third-order valence-corrected chi connectivity index (χ3v) is 2.92. The Labute approximate surface area is 98.4 Å². The highest BCUT2D eigenvalue weighted by Gasteiger charge is 2.21. The molecular weight excluding hydrogens is 212 g/mol. The lowest BCUT2D eigenvalue weighted by molar-refractivity contribution is 0.260. The molecule has 3 heteroatoms. The fourth-order valence-corrected chi connectivity index (χ4v) is 2.16. The normalized spacial score (nSPS) is 20.9. The summed E-state index contributed by atoms with van der Waals surface area (Å²) < 4.78 is 5.65. The second kappa shape index (κ2) is 3.53. The quantitative estimate of drug-likeness (QED) is 0.686. The molecule has 3 rings (SSSR count). The van der Waals surface area contributed by atoms with Gasteiger partial charge in [0.15, 0.2) is 0 Å². The summed E-state index contributed by atoms with van der Waals surface area (Å²) in [5.41, 5.74) is 7.51. The Morgan fingerprint density at radius 2 is 2.00 bits per heavy atom. The van der Waals surface area contributed by atoms with Crippen LogP contribution in [0, 0.1) is 11.3 Å². The predicted octanol–water partition coefficient (Wildman–Crippen LogP) is 0.280. The molecule has 0 saturated carbocycles. The smallest absolute Gasteiger partial charge is 0.205 e. The summed E-state index contributed by atoms with van der Waals surface area (Å²) >= 11 is 0. The highest BCUT2D eigenvalue weighted by molar-refractivity contribution is 5.72. The molecule has 3 nitrogen and oxygen atoms in total. The minimum absolute atomic E-state index is 0.202. The lowest BCUT2D eigenvalue weighted by atomic mass is 9.97. The van der Waals surface area contributed by atoms with Crippen LogP contribution in [0.1, 0.15) is 0 Å². The van der Waals surface area contributed by atoms with E-state index >= 15 is 0 Å². The van der Waals surface area contributed by atoms with Crippen molar-refractivity contribution in [1.29, 1.82) is 5.26 Å². The Balaban J connectivity index is 2.45. The molecule has 0 amide bonds. The molecule has 1 aromatic rings. The van der Waals surface area contributed by atoms with Crippen molar-refractivity contribution in [3.63, 3.8) is 0 Å². The summed E-state index contributed by atoms with van der Waals surface area (Å²) in [6.07, 6.45) is 5.37. The van der Waals surface area contributed by atoms with Crippen LogP contribution in [0.2, 0.25) is 0 Å². The minimum Gasteiger partial charge on any atom is -0.471 e. The van der Waals surface area contributed by atoms with Crippen molar-refractivity contribution in [1.82, 2.24) is 0 Å². The van der Waals surface area contributed by atoms with Gasteiger partial charge in [-0.25, -0.2) is 0 Å². The summed E-state index contributed by atoms with van der Waals surface area (Å²) in [6.45, 7) is 0. The second-order valence-electron chi connectivity index (χ2n) is 3.98. The number of benzene rings is 1. The number of rotatable bonds is 0. The monoisotopic (exact) mass is 222 g/mol. The van der Waals surface area contributed by atoms with Crippen molar-refractivity contribution in [2.75, 3.05) is 0 Å². The molecule has 1 heterocycles. The molecule has 82 valence electrons. The van der Waals surface area contributed by atoms with Crippen LogP contribution in [-0.4, -0.2) is 6.10 Å². The van der Waals surface area contributed by atoms with Crippen LogP contribution in [0.5, 0.6) is 0 Å². The van der Waals surface area contributed by atoms with Crippen LogP contribution in [0.15, 0.2) is 48.2 Å². The molecule has 1 aliphatic carbocycles. The molecule has 0 spiro atoms. The lowest BCUT2D eigenvalue weighted by Crippen LogP contribution is -2.38. The maximum atomic E-state index is 9.09. The van der Waals surface area contributed by atoms with Gasteiger partial charge in [-0.2, -0.15) is 5.26 Å². The van der Waals surface area contributed by atoms with E-state index in [1.807, 2.05) is 36.4 Å². The Morgan fingerprint density at radius 3 is 2.76 bits per heavy atom. The Hall–Kier alpha value is -2.47. The molecule has 1 aromatic carbocycles. The van der Waals surface area contributed by atoms with Gasteiger partial charge in [0.2, 0.25) is 5.76 Å². The van der Waals surface area contributed by atoms with Crippen LogP contribution in [0.4, 0.5) is 0 Å². The summed E-state index contributed by atoms with van der Waals surface area (Å²) in [7, 11) is 0. The molecule has 1 aliphatic heterocycles. The van der Waals surface area contributed by atoms with Crippen molar-refractivity contribution < 1.29 is 4.74 Å². The van der Waals surface area contributed by atoms with Gasteiger partial charge in [-0.15, -0.1) is 0 Å². The van der Waals surface area contributed by atoms with E-state index in [9.17, 15) is 0 Å². The Kier molecular flexibility index (Phi) is 2.02. The van der Waals surface area contributed by atoms with Gasteiger partial charge in [0.1, 0.15) is 12.2 Å². The third-order valence-electron chi connectivity index (χ3n) is 2.92. The van der Waals surface area contributed by atoms with Gasteiger partial charge in [0, 0.05) is 16.5 Å². The standard InChI is InChI=1S/C14H10N2O/c15-8-14-11-4-2-1-3-10(11)12-7-9(16)5-6-13(12)17-14/h1-7,13H,16H2. The van der Waals surface area contributed by atoms with Crippen LogP contribution >= 0.6 is 0 Å². The molecule has 0 aromatic heterocycles. The van der Waals surface area contributed by atoms with Crippen molar-refractivity contribution in [3.8, 4) is 6.07 Å². The first-order chi connectivity index (χ1) is 8.29. The molecule has 1 atom stereocenters.